The highest BCUT2D eigenvalue weighted by molar-refractivity contribution is 6.37. The van der Waals surface area contributed by atoms with E-state index in [9.17, 15) is 14.4 Å². The molecule has 1 unspecified atom stereocenters. The van der Waals surface area contributed by atoms with Gasteiger partial charge in [-0.05, 0) is 12.3 Å². The summed E-state index contributed by atoms with van der Waals surface area (Å²) in [5, 5.41) is 2.30. The van der Waals surface area contributed by atoms with E-state index in [1.807, 2.05) is 0 Å². The Morgan fingerprint density at radius 3 is 2.54 bits per heavy atom. The highest BCUT2D eigenvalue weighted by atomic mass is 16.2. The molecule has 5 nitrogen and oxygen atoms in total. The van der Waals surface area contributed by atoms with Crippen LogP contribution in [0.15, 0.2) is 0 Å². The van der Waals surface area contributed by atoms with Crippen molar-refractivity contribution < 1.29 is 14.4 Å². The number of carbonyl (C=O) groups excluding carboxylic acids is 3. The van der Waals surface area contributed by atoms with Crippen molar-refractivity contribution in [3.63, 3.8) is 0 Å². The van der Waals surface area contributed by atoms with Crippen LogP contribution in [0.4, 0.5) is 0 Å². The maximum atomic E-state index is 11.1. The zero-order valence-electron chi connectivity index (χ0n) is 7.16. The molecule has 0 radical (unpaired) electrons. The summed E-state index contributed by atoms with van der Waals surface area (Å²) in [6, 6.07) is -0.720. The van der Waals surface area contributed by atoms with Gasteiger partial charge in [0.1, 0.15) is 0 Å². The lowest BCUT2D eigenvalue weighted by Crippen LogP contribution is -2.43. The van der Waals surface area contributed by atoms with Crippen LogP contribution in [0.2, 0.25) is 0 Å². The van der Waals surface area contributed by atoms with Gasteiger partial charge in [0.05, 0.1) is 6.04 Å². The number of hydrogen-bond donors (Lipinski definition) is 2. The minimum atomic E-state index is -0.986. The molecule has 0 heterocycles. The van der Waals surface area contributed by atoms with Gasteiger partial charge in [0.25, 0.3) is 5.91 Å². The molecule has 1 aliphatic carbocycles. The van der Waals surface area contributed by atoms with Crippen LogP contribution in [0.25, 0.3) is 0 Å². The van der Waals surface area contributed by atoms with Gasteiger partial charge in [0.2, 0.25) is 12.2 Å². The number of nitrogens with one attached hydrogen (secondary N) is 1. The van der Waals surface area contributed by atoms with E-state index in [0.717, 1.165) is 12.8 Å². The number of Topliss-reactive ketones (excluding diaryl/α,β-unsaturated/α-hetero) is 1. The van der Waals surface area contributed by atoms with Gasteiger partial charge >= 0.3 is 0 Å². The van der Waals surface area contributed by atoms with Gasteiger partial charge in [0.15, 0.2) is 0 Å². The Kier molecular flexibility index (Phi) is 3.00. The fourth-order valence-corrected chi connectivity index (χ4v) is 1.19. The van der Waals surface area contributed by atoms with E-state index in [1.54, 1.807) is 0 Å². The SMILES string of the molecule is NC(=O)C(=O)C(CC1CC1)NC=O. The van der Waals surface area contributed by atoms with Crippen LogP contribution in [0.1, 0.15) is 19.3 Å². The summed E-state index contributed by atoms with van der Waals surface area (Å²) < 4.78 is 0. The Labute approximate surface area is 75.7 Å². The number of rotatable bonds is 6. The van der Waals surface area contributed by atoms with Crippen LogP contribution < -0.4 is 11.1 Å². The number of hydrogen-bond acceptors (Lipinski definition) is 3. The van der Waals surface area contributed by atoms with Crippen molar-refractivity contribution in [2.24, 2.45) is 11.7 Å². The van der Waals surface area contributed by atoms with Gasteiger partial charge in [0, 0.05) is 0 Å². The van der Waals surface area contributed by atoms with Crippen molar-refractivity contribution in [1.29, 1.82) is 0 Å². The topological polar surface area (TPSA) is 89.3 Å². The van der Waals surface area contributed by atoms with E-state index >= 15 is 0 Å². The third kappa shape index (κ3) is 2.85. The first-order valence-electron chi connectivity index (χ1n) is 4.18. The summed E-state index contributed by atoms with van der Waals surface area (Å²) in [7, 11) is 0. The predicted octanol–water partition coefficient (Wildman–Crippen LogP) is -1.04. The average molecular weight is 184 g/mol. The van der Waals surface area contributed by atoms with Crippen molar-refractivity contribution in [2.45, 2.75) is 25.3 Å². The van der Waals surface area contributed by atoms with E-state index in [-0.39, 0.29) is 0 Å². The summed E-state index contributed by atoms with van der Waals surface area (Å²) in [6.45, 7) is 0. The first kappa shape index (κ1) is 9.70. The summed E-state index contributed by atoms with van der Waals surface area (Å²) >= 11 is 0. The van der Waals surface area contributed by atoms with Crippen LogP contribution >= 0.6 is 0 Å². The number of carbonyl (C=O) groups is 3. The lowest BCUT2D eigenvalue weighted by molar-refractivity contribution is -0.137. The van der Waals surface area contributed by atoms with E-state index in [0.29, 0.717) is 18.7 Å². The van der Waals surface area contributed by atoms with Gasteiger partial charge in [-0.2, -0.15) is 0 Å². The molecule has 0 saturated heterocycles. The van der Waals surface area contributed by atoms with Gasteiger partial charge in [-0.25, -0.2) is 0 Å². The summed E-state index contributed by atoms with van der Waals surface area (Å²) in [5.74, 6) is -1.24. The number of amides is 2. The molecule has 1 fully saturated rings. The highest BCUT2D eigenvalue weighted by Crippen LogP contribution is 2.33. The first-order chi connectivity index (χ1) is 6.15. The molecule has 1 saturated carbocycles. The molecule has 0 aromatic heterocycles. The third-order valence-electron chi connectivity index (χ3n) is 2.09. The fraction of sp³-hybridized carbons (Fsp3) is 0.625. The third-order valence-corrected chi connectivity index (χ3v) is 2.09. The molecular formula is C8H12N2O3. The van der Waals surface area contributed by atoms with Crippen LogP contribution in [-0.2, 0) is 14.4 Å². The number of nitrogens with two attached hydrogens (primary N) is 1. The minimum absolute atomic E-state index is 0.424. The van der Waals surface area contributed by atoms with Crippen molar-refractivity contribution in [1.82, 2.24) is 5.32 Å². The zero-order valence-corrected chi connectivity index (χ0v) is 7.16. The Bertz CT molecular complexity index is 236. The Morgan fingerprint density at radius 2 is 2.15 bits per heavy atom. The first-order valence-corrected chi connectivity index (χ1v) is 4.18. The smallest absolute Gasteiger partial charge is 0.287 e. The zero-order chi connectivity index (χ0) is 9.84. The highest BCUT2D eigenvalue weighted by Gasteiger charge is 2.30. The molecule has 13 heavy (non-hydrogen) atoms. The molecule has 0 aromatic rings. The molecular weight excluding hydrogens is 172 g/mol. The fourth-order valence-electron chi connectivity index (χ4n) is 1.19. The van der Waals surface area contributed by atoms with E-state index in [2.05, 4.69) is 5.32 Å². The quantitative estimate of drug-likeness (QED) is 0.408. The Hall–Kier alpha value is -1.39. The normalized spacial score (nSPS) is 17.5. The molecule has 0 spiro atoms. The summed E-state index contributed by atoms with van der Waals surface area (Å²) in [5.41, 5.74) is 4.82. The largest absolute Gasteiger partial charge is 0.363 e. The molecule has 0 aromatic carbocycles. The van der Waals surface area contributed by atoms with E-state index < -0.39 is 17.7 Å². The van der Waals surface area contributed by atoms with Gasteiger partial charge in [-0.1, -0.05) is 12.8 Å². The number of ketones is 1. The molecule has 3 N–H and O–H groups in total. The standard InChI is InChI=1S/C8H12N2O3/c9-8(13)7(12)6(10-4-11)3-5-1-2-5/h4-6H,1-3H2,(H2,9,13)(H,10,11). The molecule has 0 bridgehead atoms. The van der Waals surface area contributed by atoms with Gasteiger partial charge < -0.3 is 11.1 Å². The summed E-state index contributed by atoms with van der Waals surface area (Å²) in [6.07, 6.45) is 3.07. The van der Waals surface area contributed by atoms with Gasteiger partial charge in [-0.15, -0.1) is 0 Å². The van der Waals surface area contributed by atoms with Crippen LogP contribution in [-0.4, -0.2) is 24.1 Å². The number of primary amides is 1. The van der Waals surface area contributed by atoms with Crippen molar-refractivity contribution in [3.8, 4) is 0 Å². The van der Waals surface area contributed by atoms with Crippen LogP contribution in [0.5, 0.6) is 0 Å². The second kappa shape index (κ2) is 4.02. The molecule has 72 valence electrons. The molecule has 0 aliphatic heterocycles. The minimum Gasteiger partial charge on any atom is -0.363 e. The lowest BCUT2D eigenvalue weighted by Gasteiger charge is -2.11. The van der Waals surface area contributed by atoms with Gasteiger partial charge in [-0.3, -0.25) is 14.4 Å². The van der Waals surface area contributed by atoms with Crippen molar-refractivity contribution in [3.05, 3.63) is 0 Å². The molecule has 1 aliphatic rings. The van der Waals surface area contributed by atoms with Crippen LogP contribution in [0, 0.1) is 5.92 Å². The van der Waals surface area contributed by atoms with E-state index in [4.69, 9.17) is 5.73 Å². The maximum Gasteiger partial charge on any atom is 0.287 e. The second-order valence-corrected chi connectivity index (χ2v) is 3.24. The monoisotopic (exact) mass is 184 g/mol. The predicted molar refractivity (Wildman–Crippen MR) is 44.5 cm³/mol. The Balaban J connectivity index is 2.48. The lowest BCUT2D eigenvalue weighted by atomic mass is 10.1. The summed E-state index contributed by atoms with van der Waals surface area (Å²) in [4.78, 5) is 31.8. The van der Waals surface area contributed by atoms with Crippen molar-refractivity contribution >= 4 is 18.1 Å². The Morgan fingerprint density at radius 1 is 1.54 bits per heavy atom. The van der Waals surface area contributed by atoms with Crippen molar-refractivity contribution in [2.75, 3.05) is 0 Å². The maximum absolute atomic E-state index is 11.1. The molecule has 1 atom stereocenters. The molecule has 2 amide bonds. The molecule has 5 heteroatoms. The van der Waals surface area contributed by atoms with E-state index in [1.165, 1.54) is 0 Å². The second-order valence-electron chi connectivity index (χ2n) is 3.24. The van der Waals surface area contributed by atoms with Crippen LogP contribution in [0.3, 0.4) is 0 Å². The molecule has 1 rings (SSSR count). The average Bonchev–Trinajstić information content (AvgIpc) is 2.86.